The van der Waals surface area contributed by atoms with Crippen LogP contribution in [0.5, 0.6) is 0 Å². The highest BCUT2D eigenvalue weighted by atomic mass is 19.3. The maximum atomic E-state index is 13.3. The van der Waals surface area contributed by atoms with Gasteiger partial charge in [-0.2, -0.15) is 10.2 Å². The van der Waals surface area contributed by atoms with Crippen molar-refractivity contribution < 1.29 is 13.6 Å². The Balaban J connectivity index is 1.39. The Labute approximate surface area is 168 Å². The highest BCUT2D eigenvalue weighted by Gasteiger charge is 2.35. The number of carbonyl (C=O) groups excluding carboxylic acids is 1. The van der Waals surface area contributed by atoms with Gasteiger partial charge in [-0.05, 0) is 18.2 Å². The summed E-state index contributed by atoms with van der Waals surface area (Å²) in [5.74, 6) is -2.44. The number of pyridine rings is 2. The molecule has 4 aromatic heterocycles. The molecule has 0 aliphatic carbocycles. The largest absolute Gasteiger partial charge is 0.338 e. The minimum absolute atomic E-state index is 0.0341. The number of likely N-dealkylation sites (tertiary alicyclic amines) is 1. The zero-order chi connectivity index (χ0) is 20.7. The monoisotopic (exact) mass is 410 g/mol. The number of fused-ring (bicyclic) bond motifs is 1. The van der Waals surface area contributed by atoms with Crippen LogP contribution in [0.3, 0.4) is 0 Å². The normalized spacial score (nSPS) is 16.1. The fraction of sp³-hybridized carbons (Fsp3) is 0.263. The molecule has 1 N–H and O–H groups in total. The van der Waals surface area contributed by atoms with E-state index in [1.54, 1.807) is 29.2 Å². The number of nitrogens with one attached hydrogen (secondary N) is 1. The molecule has 5 rings (SSSR count). The van der Waals surface area contributed by atoms with Gasteiger partial charge in [0.2, 0.25) is 0 Å². The van der Waals surface area contributed by atoms with E-state index in [0.717, 1.165) is 0 Å². The number of nitrogens with zero attached hydrogens (tertiary/aromatic N) is 7. The summed E-state index contributed by atoms with van der Waals surface area (Å²) in [5.41, 5.74) is 2.25. The quantitative estimate of drug-likeness (QED) is 0.556. The van der Waals surface area contributed by atoms with Gasteiger partial charge < -0.3 is 4.90 Å². The van der Waals surface area contributed by atoms with Crippen LogP contribution in [-0.4, -0.2) is 64.7 Å². The molecule has 1 aliphatic rings. The van der Waals surface area contributed by atoms with E-state index in [2.05, 4.69) is 30.2 Å². The molecule has 0 aromatic carbocycles. The molecule has 0 unspecified atom stereocenters. The van der Waals surface area contributed by atoms with E-state index in [1.165, 1.54) is 17.4 Å². The average molecular weight is 410 g/mol. The molecule has 4 aromatic rings. The van der Waals surface area contributed by atoms with E-state index in [-0.39, 0.29) is 31.8 Å². The Kier molecular flexibility index (Phi) is 4.23. The molecule has 5 heterocycles. The van der Waals surface area contributed by atoms with Crippen molar-refractivity contribution in [3.05, 3.63) is 48.7 Å². The van der Waals surface area contributed by atoms with E-state index in [1.807, 2.05) is 6.07 Å². The maximum absolute atomic E-state index is 13.3. The van der Waals surface area contributed by atoms with E-state index in [4.69, 9.17) is 0 Å². The minimum atomic E-state index is -2.70. The van der Waals surface area contributed by atoms with Crippen molar-refractivity contribution >= 4 is 16.9 Å². The van der Waals surface area contributed by atoms with Crippen LogP contribution < -0.4 is 0 Å². The van der Waals surface area contributed by atoms with Crippen molar-refractivity contribution in [1.29, 1.82) is 0 Å². The lowest BCUT2D eigenvalue weighted by Crippen LogP contribution is -2.42. The number of H-pyrrole nitrogens is 1. The van der Waals surface area contributed by atoms with E-state index < -0.39 is 5.92 Å². The van der Waals surface area contributed by atoms with Gasteiger partial charge in [-0.3, -0.25) is 14.9 Å². The lowest BCUT2D eigenvalue weighted by Gasteiger charge is -2.31. The van der Waals surface area contributed by atoms with Gasteiger partial charge in [-0.15, -0.1) is 0 Å². The Bertz CT molecular complexity index is 1190. The van der Waals surface area contributed by atoms with E-state index in [0.29, 0.717) is 33.8 Å². The van der Waals surface area contributed by atoms with Crippen LogP contribution in [0.1, 0.15) is 23.2 Å². The highest BCUT2D eigenvalue weighted by Crippen LogP contribution is 2.28. The Morgan fingerprint density at radius 2 is 1.90 bits per heavy atom. The van der Waals surface area contributed by atoms with Crippen LogP contribution >= 0.6 is 0 Å². The average Bonchev–Trinajstić information content (AvgIpc) is 3.43. The summed E-state index contributed by atoms with van der Waals surface area (Å²) >= 11 is 0. The van der Waals surface area contributed by atoms with Gasteiger partial charge in [0.05, 0.1) is 23.6 Å². The number of piperidine rings is 1. The van der Waals surface area contributed by atoms with Gasteiger partial charge in [0.25, 0.3) is 11.8 Å². The van der Waals surface area contributed by atoms with Crippen LogP contribution in [0.2, 0.25) is 0 Å². The zero-order valence-corrected chi connectivity index (χ0v) is 15.7. The van der Waals surface area contributed by atoms with E-state index >= 15 is 0 Å². The predicted octanol–water partition coefficient (Wildman–Crippen LogP) is 2.47. The van der Waals surface area contributed by atoms with Gasteiger partial charge in [-0.1, -0.05) is 0 Å². The summed E-state index contributed by atoms with van der Waals surface area (Å²) in [4.78, 5) is 26.9. The smallest absolute Gasteiger partial charge is 0.255 e. The molecule has 0 radical (unpaired) electrons. The number of aromatic amines is 1. The van der Waals surface area contributed by atoms with E-state index in [9.17, 15) is 13.6 Å². The molecule has 1 fully saturated rings. The maximum Gasteiger partial charge on any atom is 0.255 e. The fourth-order valence-corrected chi connectivity index (χ4v) is 3.43. The van der Waals surface area contributed by atoms with Crippen molar-refractivity contribution in [2.24, 2.45) is 0 Å². The number of hydrogen-bond donors (Lipinski definition) is 1. The third kappa shape index (κ3) is 3.27. The topological polar surface area (TPSA) is 105 Å². The van der Waals surface area contributed by atoms with Crippen LogP contribution in [0.4, 0.5) is 8.78 Å². The van der Waals surface area contributed by atoms with Crippen LogP contribution in [-0.2, 0) is 0 Å². The Hall–Kier alpha value is -3.76. The molecule has 9 nitrogen and oxygen atoms in total. The molecule has 0 atom stereocenters. The number of hydrogen-bond acceptors (Lipinski definition) is 6. The molecule has 11 heteroatoms. The van der Waals surface area contributed by atoms with Gasteiger partial charge in [0, 0.05) is 37.5 Å². The third-order valence-corrected chi connectivity index (χ3v) is 5.09. The summed E-state index contributed by atoms with van der Waals surface area (Å²) in [7, 11) is 0. The molecule has 1 aliphatic heterocycles. The first-order valence-corrected chi connectivity index (χ1v) is 9.33. The zero-order valence-electron chi connectivity index (χ0n) is 15.7. The van der Waals surface area contributed by atoms with Crippen molar-refractivity contribution in [2.75, 3.05) is 13.1 Å². The summed E-state index contributed by atoms with van der Waals surface area (Å²) in [6, 6.07) is 5.29. The molecule has 152 valence electrons. The Morgan fingerprint density at radius 1 is 1.07 bits per heavy atom. The van der Waals surface area contributed by atoms with Gasteiger partial charge in [0.15, 0.2) is 11.5 Å². The van der Waals surface area contributed by atoms with Crippen LogP contribution in [0.25, 0.3) is 28.2 Å². The lowest BCUT2D eigenvalue weighted by atomic mass is 10.1. The number of amides is 1. The summed E-state index contributed by atoms with van der Waals surface area (Å²) in [6.45, 7) is 0.0681. The fourth-order valence-electron chi connectivity index (χ4n) is 3.43. The van der Waals surface area contributed by atoms with Gasteiger partial charge in [-0.25, -0.2) is 23.4 Å². The minimum Gasteiger partial charge on any atom is -0.338 e. The second-order valence-electron chi connectivity index (χ2n) is 7.08. The lowest BCUT2D eigenvalue weighted by molar-refractivity contribution is -0.0494. The van der Waals surface area contributed by atoms with Crippen LogP contribution in [0.15, 0.2) is 43.1 Å². The number of carbonyl (C=O) groups is 1. The molecule has 0 saturated carbocycles. The number of rotatable bonds is 3. The third-order valence-electron chi connectivity index (χ3n) is 5.09. The molecule has 0 bridgehead atoms. The molecule has 0 spiro atoms. The number of halogens is 2. The molecular weight excluding hydrogens is 394 g/mol. The van der Waals surface area contributed by atoms with Crippen molar-refractivity contribution in [3.8, 4) is 17.2 Å². The number of alkyl halides is 2. The summed E-state index contributed by atoms with van der Waals surface area (Å²) in [6.07, 6.45) is 5.47. The molecule has 1 amide bonds. The predicted molar refractivity (Wildman–Crippen MR) is 102 cm³/mol. The molecule has 30 heavy (non-hydrogen) atoms. The van der Waals surface area contributed by atoms with Crippen molar-refractivity contribution in [3.63, 3.8) is 0 Å². The second kappa shape index (κ2) is 6.94. The highest BCUT2D eigenvalue weighted by molar-refractivity contribution is 5.97. The summed E-state index contributed by atoms with van der Waals surface area (Å²) in [5, 5.41) is 11.6. The van der Waals surface area contributed by atoms with Gasteiger partial charge in [0.1, 0.15) is 12.0 Å². The standard InChI is InChI=1S/C19H16F2N8O/c20-19(21)3-5-28(6-4-19)18(30)13-7-12-9-26-29(17(12)23-8-13)14-1-2-15(22-10-14)16-24-11-25-27-16/h1-2,7-11H,3-6H2,(H,24,25,27). The van der Waals surface area contributed by atoms with Gasteiger partial charge >= 0.3 is 0 Å². The van der Waals surface area contributed by atoms with Crippen LogP contribution in [0, 0.1) is 0 Å². The molecule has 1 saturated heterocycles. The first kappa shape index (κ1) is 18.3. The van der Waals surface area contributed by atoms with Crippen molar-refractivity contribution in [1.82, 2.24) is 39.8 Å². The first-order valence-electron chi connectivity index (χ1n) is 9.33. The summed E-state index contributed by atoms with van der Waals surface area (Å²) < 4.78 is 28.3. The number of aromatic nitrogens is 7. The second-order valence-corrected chi connectivity index (χ2v) is 7.08. The van der Waals surface area contributed by atoms with Crippen molar-refractivity contribution in [2.45, 2.75) is 18.8 Å². The SMILES string of the molecule is O=C(c1cnc2c(cnn2-c2ccc(-c3ncn[nH]3)nc2)c1)N1CCC(F)(F)CC1. The first-order chi connectivity index (χ1) is 14.5. The molecular formula is C19H16F2N8O. The Morgan fingerprint density at radius 3 is 2.60 bits per heavy atom.